The van der Waals surface area contributed by atoms with E-state index in [4.69, 9.17) is 9.72 Å². The number of ether oxygens (including phenoxy) is 1. The predicted octanol–water partition coefficient (Wildman–Crippen LogP) is 1.70. The zero-order valence-electron chi connectivity index (χ0n) is 13.5. The van der Waals surface area contributed by atoms with Crippen LogP contribution in [-0.4, -0.2) is 66.2 Å². The summed E-state index contributed by atoms with van der Waals surface area (Å²) in [6.07, 6.45) is 0. The molecule has 1 fully saturated rings. The minimum Gasteiger partial charge on any atom is -0.383 e. The second-order valence-electron chi connectivity index (χ2n) is 5.86. The van der Waals surface area contributed by atoms with E-state index in [1.165, 1.54) is 0 Å². The van der Waals surface area contributed by atoms with Crippen LogP contribution in [0, 0.1) is 6.92 Å². The second-order valence-corrected chi connectivity index (χ2v) is 5.86. The Morgan fingerprint density at radius 2 is 1.64 bits per heavy atom. The maximum absolute atomic E-state index is 5.15. The summed E-state index contributed by atoms with van der Waals surface area (Å²) in [7, 11) is 1.76. The van der Waals surface area contributed by atoms with Gasteiger partial charge >= 0.3 is 0 Å². The average Bonchev–Trinajstić information content (AvgIpc) is 2.55. The van der Waals surface area contributed by atoms with Crippen molar-refractivity contribution >= 4 is 11.0 Å². The molecule has 2 aromatic rings. The highest BCUT2D eigenvalue weighted by molar-refractivity contribution is 5.74. The normalized spacial score (nSPS) is 17.2. The number of aryl methyl sites for hydroxylation is 1. The number of fused-ring (bicyclic) bond motifs is 1. The lowest BCUT2D eigenvalue weighted by Gasteiger charge is -2.34. The number of piperazine rings is 1. The SMILES string of the molecule is COCCN1CCN(Cc2nc3ccccc3nc2C)CC1. The first kappa shape index (κ1) is 15.3. The molecule has 0 unspecified atom stereocenters. The van der Waals surface area contributed by atoms with Crippen LogP contribution in [0.1, 0.15) is 11.4 Å². The van der Waals surface area contributed by atoms with E-state index in [0.29, 0.717) is 0 Å². The molecular weight excluding hydrogens is 276 g/mol. The van der Waals surface area contributed by atoms with Crippen LogP contribution in [0.3, 0.4) is 0 Å². The number of methoxy groups -OCH3 is 1. The molecule has 22 heavy (non-hydrogen) atoms. The Kier molecular flexibility index (Phi) is 4.97. The van der Waals surface area contributed by atoms with Crippen LogP contribution in [0.15, 0.2) is 24.3 Å². The molecule has 1 aromatic heterocycles. The molecule has 1 aliphatic heterocycles. The molecule has 118 valence electrons. The van der Waals surface area contributed by atoms with Crippen LogP contribution in [0.5, 0.6) is 0 Å². The van der Waals surface area contributed by atoms with Gasteiger partial charge < -0.3 is 4.74 Å². The summed E-state index contributed by atoms with van der Waals surface area (Å²) in [5.74, 6) is 0. The molecule has 0 saturated carbocycles. The fraction of sp³-hybridized carbons (Fsp3) is 0.529. The molecule has 0 radical (unpaired) electrons. The first-order chi connectivity index (χ1) is 10.8. The van der Waals surface area contributed by atoms with Crippen molar-refractivity contribution in [3.63, 3.8) is 0 Å². The van der Waals surface area contributed by atoms with E-state index in [9.17, 15) is 0 Å². The minimum absolute atomic E-state index is 0.815. The maximum atomic E-state index is 5.15. The lowest BCUT2D eigenvalue weighted by molar-refractivity contribution is 0.0931. The second kappa shape index (κ2) is 7.13. The van der Waals surface area contributed by atoms with Crippen LogP contribution in [0.25, 0.3) is 11.0 Å². The third-order valence-corrected chi connectivity index (χ3v) is 4.29. The smallest absolute Gasteiger partial charge is 0.0890 e. The Labute approximate surface area is 131 Å². The van der Waals surface area contributed by atoms with Gasteiger partial charge in [0.25, 0.3) is 0 Å². The van der Waals surface area contributed by atoms with Gasteiger partial charge in [-0.1, -0.05) is 12.1 Å². The van der Waals surface area contributed by atoms with Gasteiger partial charge in [-0.15, -0.1) is 0 Å². The zero-order chi connectivity index (χ0) is 15.4. The van der Waals surface area contributed by atoms with Crippen LogP contribution in [0.2, 0.25) is 0 Å². The summed E-state index contributed by atoms with van der Waals surface area (Å²) in [6.45, 7) is 9.15. The molecule has 0 spiro atoms. The van der Waals surface area contributed by atoms with Crippen molar-refractivity contribution in [1.82, 2.24) is 19.8 Å². The summed E-state index contributed by atoms with van der Waals surface area (Å²) in [6, 6.07) is 8.09. The van der Waals surface area contributed by atoms with Gasteiger partial charge in [-0.2, -0.15) is 0 Å². The first-order valence-electron chi connectivity index (χ1n) is 7.92. The van der Waals surface area contributed by atoms with E-state index < -0.39 is 0 Å². The summed E-state index contributed by atoms with van der Waals surface area (Å²) in [5.41, 5.74) is 4.11. The van der Waals surface area contributed by atoms with Crippen molar-refractivity contribution in [2.45, 2.75) is 13.5 Å². The fourth-order valence-corrected chi connectivity index (χ4v) is 2.88. The van der Waals surface area contributed by atoms with Crippen molar-refractivity contribution in [3.05, 3.63) is 35.7 Å². The van der Waals surface area contributed by atoms with Crippen molar-refractivity contribution in [3.8, 4) is 0 Å². The fourth-order valence-electron chi connectivity index (χ4n) is 2.88. The van der Waals surface area contributed by atoms with Gasteiger partial charge in [-0.3, -0.25) is 9.80 Å². The quantitative estimate of drug-likeness (QED) is 0.841. The van der Waals surface area contributed by atoms with Gasteiger partial charge in [-0.05, 0) is 19.1 Å². The summed E-state index contributed by atoms with van der Waals surface area (Å²) >= 11 is 0. The largest absolute Gasteiger partial charge is 0.383 e. The average molecular weight is 300 g/mol. The highest BCUT2D eigenvalue weighted by Gasteiger charge is 2.18. The summed E-state index contributed by atoms with van der Waals surface area (Å²) in [4.78, 5) is 14.4. The Hall–Kier alpha value is -1.56. The topological polar surface area (TPSA) is 41.5 Å². The number of hydrogen-bond donors (Lipinski definition) is 0. The first-order valence-corrected chi connectivity index (χ1v) is 7.92. The molecule has 5 nitrogen and oxygen atoms in total. The van der Waals surface area contributed by atoms with Crippen molar-refractivity contribution < 1.29 is 4.74 Å². The third kappa shape index (κ3) is 3.61. The van der Waals surface area contributed by atoms with Gasteiger partial charge in [0.05, 0.1) is 29.0 Å². The van der Waals surface area contributed by atoms with Crippen molar-refractivity contribution in [2.24, 2.45) is 0 Å². The van der Waals surface area contributed by atoms with Gasteiger partial charge in [0.15, 0.2) is 0 Å². The van der Waals surface area contributed by atoms with Crippen LogP contribution < -0.4 is 0 Å². The van der Waals surface area contributed by atoms with Gasteiger partial charge in [0.2, 0.25) is 0 Å². The maximum Gasteiger partial charge on any atom is 0.0890 e. The number of rotatable bonds is 5. The van der Waals surface area contributed by atoms with E-state index in [1.54, 1.807) is 7.11 Å². The van der Waals surface area contributed by atoms with Crippen molar-refractivity contribution in [1.29, 1.82) is 0 Å². The number of aromatic nitrogens is 2. The monoisotopic (exact) mass is 300 g/mol. The Morgan fingerprint density at radius 1 is 1.00 bits per heavy atom. The summed E-state index contributed by atoms with van der Waals surface area (Å²) < 4.78 is 5.15. The molecule has 2 heterocycles. The Balaban J connectivity index is 1.63. The van der Waals surface area contributed by atoms with Gasteiger partial charge in [-0.25, -0.2) is 9.97 Å². The Bertz CT molecular complexity index is 623. The highest BCUT2D eigenvalue weighted by Crippen LogP contribution is 2.14. The predicted molar refractivity (Wildman–Crippen MR) is 87.9 cm³/mol. The zero-order valence-corrected chi connectivity index (χ0v) is 13.5. The molecule has 0 aliphatic carbocycles. The van der Waals surface area contributed by atoms with E-state index in [1.807, 2.05) is 24.3 Å². The van der Waals surface area contributed by atoms with Crippen LogP contribution in [0.4, 0.5) is 0 Å². The van der Waals surface area contributed by atoms with E-state index >= 15 is 0 Å². The van der Waals surface area contributed by atoms with Crippen LogP contribution in [-0.2, 0) is 11.3 Å². The molecule has 0 N–H and O–H groups in total. The van der Waals surface area contributed by atoms with Gasteiger partial charge in [0, 0.05) is 46.4 Å². The molecule has 1 aliphatic rings. The molecule has 0 atom stereocenters. The highest BCUT2D eigenvalue weighted by atomic mass is 16.5. The lowest BCUT2D eigenvalue weighted by Crippen LogP contribution is -2.46. The third-order valence-electron chi connectivity index (χ3n) is 4.29. The van der Waals surface area contributed by atoms with E-state index in [2.05, 4.69) is 21.7 Å². The number of hydrogen-bond acceptors (Lipinski definition) is 5. The number of benzene rings is 1. The standard InChI is InChI=1S/C17H24N4O/c1-14-17(19-16-6-4-3-5-15(16)18-14)13-21-9-7-20(8-10-21)11-12-22-2/h3-6H,7-13H2,1-2H3. The molecule has 0 bridgehead atoms. The minimum atomic E-state index is 0.815. The number of para-hydroxylation sites is 2. The molecule has 5 heteroatoms. The molecular formula is C17H24N4O. The molecule has 0 amide bonds. The van der Waals surface area contributed by atoms with Crippen LogP contribution >= 0.6 is 0 Å². The van der Waals surface area contributed by atoms with E-state index in [-0.39, 0.29) is 0 Å². The Morgan fingerprint density at radius 3 is 2.32 bits per heavy atom. The van der Waals surface area contributed by atoms with Gasteiger partial charge in [0.1, 0.15) is 0 Å². The number of nitrogens with zero attached hydrogens (tertiary/aromatic N) is 4. The van der Waals surface area contributed by atoms with Crippen molar-refractivity contribution in [2.75, 3.05) is 46.4 Å². The summed E-state index contributed by atoms with van der Waals surface area (Å²) in [5, 5.41) is 0. The van der Waals surface area contributed by atoms with E-state index in [0.717, 1.165) is 68.3 Å². The molecule has 1 saturated heterocycles. The lowest BCUT2D eigenvalue weighted by atomic mass is 10.2. The molecule has 1 aromatic carbocycles. The molecule has 3 rings (SSSR count).